The third-order valence-electron chi connectivity index (χ3n) is 3.12. The molecule has 0 N–H and O–H groups in total. The Bertz CT molecular complexity index is 422. The normalized spacial score (nSPS) is 23.2. The zero-order valence-corrected chi connectivity index (χ0v) is 12.6. The molecular weight excluding hydrogens is 258 g/mol. The van der Waals surface area contributed by atoms with Crippen molar-refractivity contribution in [1.82, 2.24) is 4.90 Å². The Morgan fingerprint density at radius 1 is 1.26 bits per heavy atom. The molecule has 1 aliphatic rings. The van der Waals surface area contributed by atoms with Gasteiger partial charge in [0.2, 0.25) is 0 Å². The zero-order valence-electron chi connectivity index (χ0n) is 11.8. The number of hydrogen-bond donors (Lipinski definition) is 0. The fourth-order valence-corrected chi connectivity index (χ4v) is 2.67. The second-order valence-corrected chi connectivity index (χ2v) is 5.31. The molecule has 0 aromatic heterocycles. The van der Waals surface area contributed by atoms with Crippen molar-refractivity contribution in [2.45, 2.75) is 33.0 Å². The maximum Gasteiger partial charge on any atom is 0.119 e. The summed E-state index contributed by atoms with van der Waals surface area (Å²) < 4.78 is 11.2. The van der Waals surface area contributed by atoms with Crippen LogP contribution in [-0.4, -0.2) is 41.8 Å². The number of benzene rings is 1. The molecule has 1 fully saturated rings. The van der Waals surface area contributed by atoms with E-state index in [2.05, 4.69) is 18.7 Å². The molecule has 19 heavy (non-hydrogen) atoms. The van der Waals surface area contributed by atoms with Gasteiger partial charge < -0.3 is 14.4 Å². The maximum atomic E-state index is 5.73. The van der Waals surface area contributed by atoms with Crippen LogP contribution in [0.5, 0.6) is 5.75 Å². The number of thiocarbonyl (C=S) groups is 1. The standard InChI is InChI=1S/C15H21NO2S/c1-4-17-14-7-5-13(6-8-14)15(19)16-9-11(2)18-12(3)10-16/h5-8,11-12H,4,9-10H2,1-3H3. The molecule has 2 unspecified atom stereocenters. The van der Waals surface area contributed by atoms with Crippen molar-refractivity contribution >= 4 is 17.2 Å². The third kappa shape index (κ3) is 3.67. The summed E-state index contributed by atoms with van der Waals surface area (Å²) in [6, 6.07) is 7.99. The lowest BCUT2D eigenvalue weighted by Crippen LogP contribution is -2.47. The molecule has 3 nitrogen and oxygen atoms in total. The van der Waals surface area contributed by atoms with Gasteiger partial charge in [0.15, 0.2) is 0 Å². The molecule has 104 valence electrons. The molecule has 2 atom stereocenters. The third-order valence-corrected chi connectivity index (χ3v) is 3.61. The Hall–Kier alpha value is -1.13. The second kappa shape index (κ2) is 6.35. The molecule has 1 saturated heterocycles. The highest BCUT2D eigenvalue weighted by atomic mass is 32.1. The Labute approximate surface area is 120 Å². The molecule has 0 aliphatic carbocycles. The fraction of sp³-hybridized carbons (Fsp3) is 0.533. The van der Waals surface area contributed by atoms with E-state index in [-0.39, 0.29) is 12.2 Å². The van der Waals surface area contributed by atoms with Crippen LogP contribution in [0.25, 0.3) is 0 Å². The SMILES string of the molecule is CCOc1ccc(C(=S)N2CC(C)OC(C)C2)cc1. The van der Waals surface area contributed by atoms with Crippen LogP contribution in [-0.2, 0) is 4.74 Å². The minimum Gasteiger partial charge on any atom is -0.494 e. The molecular formula is C15H21NO2S. The number of nitrogens with zero attached hydrogens (tertiary/aromatic N) is 1. The smallest absolute Gasteiger partial charge is 0.119 e. The Kier molecular flexibility index (Phi) is 4.77. The van der Waals surface area contributed by atoms with Gasteiger partial charge in [0.1, 0.15) is 10.7 Å². The fourth-order valence-electron chi connectivity index (χ4n) is 2.39. The van der Waals surface area contributed by atoms with E-state index in [1.54, 1.807) is 0 Å². The molecule has 0 spiro atoms. The lowest BCUT2D eigenvalue weighted by atomic mass is 10.1. The molecule has 4 heteroatoms. The van der Waals surface area contributed by atoms with Gasteiger partial charge in [-0.1, -0.05) is 12.2 Å². The highest BCUT2D eigenvalue weighted by Gasteiger charge is 2.24. The summed E-state index contributed by atoms with van der Waals surface area (Å²) in [6.07, 6.45) is 0.453. The van der Waals surface area contributed by atoms with E-state index in [4.69, 9.17) is 21.7 Å². The van der Waals surface area contributed by atoms with Crippen LogP contribution in [0.3, 0.4) is 0 Å². The van der Waals surface area contributed by atoms with Crippen molar-refractivity contribution in [3.63, 3.8) is 0 Å². The van der Waals surface area contributed by atoms with Gasteiger partial charge in [-0.3, -0.25) is 0 Å². The maximum absolute atomic E-state index is 5.73. The van der Waals surface area contributed by atoms with Crippen molar-refractivity contribution in [2.24, 2.45) is 0 Å². The Morgan fingerprint density at radius 2 is 1.84 bits per heavy atom. The molecule has 0 radical (unpaired) electrons. The van der Waals surface area contributed by atoms with Crippen molar-refractivity contribution < 1.29 is 9.47 Å². The monoisotopic (exact) mass is 279 g/mol. The van der Waals surface area contributed by atoms with Gasteiger partial charge in [0, 0.05) is 18.7 Å². The lowest BCUT2D eigenvalue weighted by molar-refractivity contribution is -0.0472. The van der Waals surface area contributed by atoms with E-state index in [1.807, 2.05) is 31.2 Å². The number of ether oxygens (including phenoxy) is 2. The lowest BCUT2D eigenvalue weighted by Gasteiger charge is -2.37. The predicted octanol–water partition coefficient (Wildman–Crippen LogP) is 2.87. The molecule has 0 saturated carbocycles. The van der Waals surface area contributed by atoms with Crippen molar-refractivity contribution in [1.29, 1.82) is 0 Å². The minimum absolute atomic E-state index is 0.226. The molecule has 1 aliphatic heterocycles. The Balaban J connectivity index is 2.06. The van der Waals surface area contributed by atoms with Gasteiger partial charge in [-0.05, 0) is 45.0 Å². The first-order valence-electron chi connectivity index (χ1n) is 6.77. The van der Waals surface area contributed by atoms with E-state index < -0.39 is 0 Å². The number of rotatable bonds is 3. The molecule has 0 amide bonds. The highest BCUT2D eigenvalue weighted by molar-refractivity contribution is 7.80. The zero-order chi connectivity index (χ0) is 13.8. The van der Waals surface area contributed by atoms with Crippen LogP contribution in [0, 0.1) is 0 Å². The summed E-state index contributed by atoms with van der Waals surface area (Å²) in [5.74, 6) is 0.887. The second-order valence-electron chi connectivity index (χ2n) is 4.92. The van der Waals surface area contributed by atoms with E-state index in [1.165, 1.54) is 0 Å². The summed E-state index contributed by atoms with van der Waals surface area (Å²) >= 11 is 5.58. The van der Waals surface area contributed by atoms with Crippen LogP contribution in [0.15, 0.2) is 24.3 Å². The van der Waals surface area contributed by atoms with Gasteiger partial charge in [0.05, 0.1) is 18.8 Å². The van der Waals surface area contributed by atoms with Gasteiger partial charge >= 0.3 is 0 Å². The van der Waals surface area contributed by atoms with Crippen LogP contribution in [0.4, 0.5) is 0 Å². The molecule has 1 aromatic rings. The van der Waals surface area contributed by atoms with Crippen LogP contribution in [0.2, 0.25) is 0 Å². The molecule has 1 aromatic carbocycles. The number of hydrogen-bond acceptors (Lipinski definition) is 3. The van der Waals surface area contributed by atoms with Crippen LogP contribution >= 0.6 is 12.2 Å². The topological polar surface area (TPSA) is 21.7 Å². The quantitative estimate of drug-likeness (QED) is 0.793. The van der Waals surface area contributed by atoms with Gasteiger partial charge in [-0.2, -0.15) is 0 Å². The average molecular weight is 279 g/mol. The average Bonchev–Trinajstić information content (AvgIpc) is 2.38. The summed E-state index contributed by atoms with van der Waals surface area (Å²) in [4.78, 5) is 3.12. The van der Waals surface area contributed by atoms with Crippen LogP contribution in [0.1, 0.15) is 26.3 Å². The summed E-state index contributed by atoms with van der Waals surface area (Å²) in [5, 5.41) is 0. The van der Waals surface area contributed by atoms with Gasteiger partial charge in [-0.15, -0.1) is 0 Å². The first-order chi connectivity index (χ1) is 9.10. The molecule has 2 rings (SSSR count). The summed E-state index contributed by atoms with van der Waals surface area (Å²) in [7, 11) is 0. The van der Waals surface area contributed by atoms with Crippen LogP contribution < -0.4 is 4.74 Å². The highest BCUT2D eigenvalue weighted by Crippen LogP contribution is 2.18. The summed E-state index contributed by atoms with van der Waals surface area (Å²) in [6.45, 7) is 8.55. The van der Waals surface area contributed by atoms with E-state index in [0.717, 1.165) is 29.4 Å². The van der Waals surface area contributed by atoms with Crippen molar-refractivity contribution in [2.75, 3.05) is 19.7 Å². The molecule has 1 heterocycles. The minimum atomic E-state index is 0.226. The molecule has 0 bridgehead atoms. The largest absolute Gasteiger partial charge is 0.494 e. The van der Waals surface area contributed by atoms with E-state index >= 15 is 0 Å². The number of morpholine rings is 1. The van der Waals surface area contributed by atoms with Gasteiger partial charge in [-0.25, -0.2) is 0 Å². The van der Waals surface area contributed by atoms with Crippen molar-refractivity contribution in [3.05, 3.63) is 29.8 Å². The predicted molar refractivity (Wildman–Crippen MR) is 80.9 cm³/mol. The van der Waals surface area contributed by atoms with E-state index in [0.29, 0.717) is 6.61 Å². The first-order valence-corrected chi connectivity index (χ1v) is 7.18. The van der Waals surface area contributed by atoms with E-state index in [9.17, 15) is 0 Å². The van der Waals surface area contributed by atoms with Gasteiger partial charge in [0.25, 0.3) is 0 Å². The Morgan fingerprint density at radius 3 is 2.37 bits per heavy atom. The summed E-state index contributed by atoms with van der Waals surface area (Å²) in [5.41, 5.74) is 1.07. The van der Waals surface area contributed by atoms with Crippen molar-refractivity contribution in [3.8, 4) is 5.75 Å². The first kappa shape index (κ1) is 14.3.